The van der Waals surface area contributed by atoms with Gasteiger partial charge in [0.15, 0.2) is 0 Å². The van der Waals surface area contributed by atoms with Gasteiger partial charge in [0.1, 0.15) is 0 Å². The van der Waals surface area contributed by atoms with Crippen LogP contribution in [-0.2, 0) is 16.6 Å². The fourth-order valence-electron chi connectivity index (χ4n) is 3.43. The number of rotatable bonds is 7. The summed E-state index contributed by atoms with van der Waals surface area (Å²) in [5, 5.41) is 3.01. The van der Waals surface area contributed by atoms with E-state index >= 15 is 0 Å². The molecule has 0 heterocycles. The molecule has 5 nitrogen and oxygen atoms in total. The molecule has 0 aliphatic heterocycles. The number of nitrogens with one attached hydrogen (secondary N) is 1. The smallest absolute Gasteiger partial charge is 0.251 e. The molecule has 0 fully saturated rings. The Morgan fingerprint density at radius 1 is 0.906 bits per heavy atom. The van der Waals surface area contributed by atoms with Gasteiger partial charge in [-0.3, -0.25) is 9.10 Å². The number of amides is 1. The topological polar surface area (TPSA) is 66.5 Å². The molecule has 0 unspecified atom stereocenters. The van der Waals surface area contributed by atoms with Crippen LogP contribution < -0.4 is 9.62 Å². The van der Waals surface area contributed by atoms with Crippen LogP contribution in [0.4, 0.5) is 5.69 Å². The van der Waals surface area contributed by atoms with Gasteiger partial charge in [0.05, 0.1) is 24.5 Å². The lowest BCUT2D eigenvalue weighted by molar-refractivity contribution is 0.0940. The van der Waals surface area contributed by atoms with Gasteiger partial charge in [-0.05, 0) is 74.2 Å². The van der Waals surface area contributed by atoms with Gasteiger partial charge in [-0.2, -0.15) is 0 Å². The standard InChI is InChI=1S/C26H30N2O3S/c1-18-6-11-23(12-7-18)21(4)27-26(29)24-13-9-22(10-14-24)17-28(32(5,30)31)25-15-8-19(2)20(3)16-25/h6-16,21H,17H2,1-5H3,(H,27,29)/t21-/m1/s1. The third kappa shape index (κ3) is 5.77. The van der Waals surface area contributed by atoms with Crippen LogP contribution >= 0.6 is 0 Å². The summed E-state index contributed by atoms with van der Waals surface area (Å²) in [5.41, 5.74) is 6.32. The van der Waals surface area contributed by atoms with Crippen molar-refractivity contribution in [3.63, 3.8) is 0 Å². The first-order valence-electron chi connectivity index (χ1n) is 10.6. The van der Waals surface area contributed by atoms with E-state index in [9.17, 15) is 13.2 Å². The zero-order valence-electron chi connectivity index (χ0n) is 19.2. The van der Waals surface area contributed by atoms with Gasteiger partial charge in [-0.1, -0.05) is 48.0 Å². The fraction of sp³-hybridized carbons (Fsp3) is 0.269. The summed E-state index contributed by atoms with van der Waals surface area (Å²) in [7, 11) is -3.47. The molecular formula is C26H30N2O3S. The van der Waals surface area contributed by atoms with Crippen LogP contribution in [-0.4, -0.2) is 20.6 Å². The van der Waals surface area contributed by atoms with E-state index in [1.54, 1.807) is 24.3 Å². The highest BCUT2D eigenvalue weighted by atomic mass is 32.2. The Bertz CT molecular complexity index is 1200. The van der Waals surface area contributed by atoms with Crippen molar-refractivity contribution in [2.75, 3.05) is 10.6 Å². The Labute approximate surface area is 191 Å². The quantitative estimate of drug-likeness (QED) is 0.547. The van der Waals surface area contributed by atoms with Crippen LogP contribution in [0, 0.1) is 20.8 Å². The summed E-state index contributed by atoms with van der Waals surface area (Å²) in [6, 6.07) is 20.6. The maximum absolute atomic E-state index is 12.7. The van der Waals surface area contributed by atoms with E-state index in [2.05, 4.69) is 5.32 Å². The van der Waals surface area contributed by atoms with E-state index in [4.69, 9.17) is 0 Å². The van der Waals surface area contributed by atoms with E-state index < -0.39 is 10.0 Å². The average Bonchev–Trinajstić information content (AvgIpc) is 2.74. The molecule has 0 aromatic heterocycles. The first kappa shape index (κ1) is 23.5. The van der Waals surface area contributed by atoms with E-state index in [1.165, 1.54) is 16.1 Å². The Hall–Kier alpha value is -3.12. The largest absolute Gasteiger partial charge is 0.346 e. The normalized spacial score (nSPS) is 12.3. The molecule has 0 spiro atoms. The molecule has 6 heteroatoms. The SMILES string of the molecule is Cc1ccc([C@@H](C)NC(=O)c2ccc(CN(c3ccc(C)c(C)c3)S(C)(=O)=O)cc2)cc1. The van der Waals surface area contributed by atoms with Gasteiger partial charge in [-0.25, -0.2) is 8.42 Å². The monoisotopic (exact) mass is 450 g/mol. The van der Waals surface area contributed by atoms with Gasteiger partial charge >= 0.3 is 0 Å². The summed E-state index contributed by atoms with van der Waals surface area (Å²) in [5.74, 6) is -0.168. The molecule has 168 valence electrons. The second-order valence-electron chi connectivity index (χ2n) is 8.34. The average molecular weight is 451 g/mol. The number of nitrogens with zero attached hydrogens (tertiary/aromatic N) is 1. The summed E-state index contributed by atoms with van der Waals surface area (Å²) >= 11 is 0. The first-order chi connectivity index (χ1) is 15.0. The summed E-state index contributed by atoms with van der Waals surface area (Å²) in [4.78, 5) is 12.7. The molecule has 1 amide bonds. The van der Waals surface area contributed by atoms with Gasteiger partial charge in [0, 0.05) is 5.56 Å². The molecule has 0 aliphatic carbocycles. The maximum Gasteiger partial charge on any atom is 0.251 e. The molecule has 0 saturated heterocycles. The Morgan fingerprint density at radius 2 is 1.53 bits per heavy atom. The van der Waals surface area contributed by atoms with Crippen molar-refractivity contribution in [1.82, 2.24) is 5.32 Å². The number of aryl methyl sites for hydroxylation is 3. The molecular weight excluding hydrogens is 420 g/mol. The van der Waals surface area contributed by atoms with Gasteiger partial charge in [-0.15, -0.1) is 0 Å². The second kappa shape index (κ2) is 9.57. The Balaban J connectivity index is 1.74. The molecule has 0 radical (unpaired) electrons. The van der Waals surface area contributed by atoms with Gasteiger partial charge in [0.2, 0.25) is 10.0 Å². The van der Waals surface area contributed by atoms with E-state index in [-0.39, 0.29) is 18.5 Å². The predicted molar refractivity (Wildman–Crippen MR) is 130 cm³/mol. The zero-order valence-corrected chi connectivity index (χ0v) is 20.0. The number of carbonyl (C=O) groups excluding carboxylic acids is 1. The van der Waals surface area contributed by atoms with E-state index in [0.717, 1.165) is 22.3 Å². The number of hydrogen-bond donors (Lipinski definition) is 1. The first-order valence-corrected chi connectivity index (χ1v) is 12.4. The lowest BCUT2D eigenvalue weighted by atomic mass is 10.1. The lowest BCUT2D eigenvalue weighted by Crippen LogP contribution is -2.29. The summed E-state index contributed by atoms with van der Waals surface area (Å²) in [6.07, 6.45) is 1.20. The number of carbonyl (C=O) groups is 1. The highest BCUT2D eigenvalue weighted by Gasteiger charge is 2.19. The third-order valence-corrected chi connectivity index (χ3v) is 6.79. The Kier molecular flexibility index (Phi) is 7.04. The highest BCUT2D eigenvalue weighted by Crippen LogP contribution is 2.24. The van der Waals surface area contributed by atoms with E-state index in [1.807, 2.05) is 70.2 Å². The molecule has 0 aliphatic rings. The highest BCUT2D eigenvalue weighted by molar-refractivity contribution is 7.92. The molecule has 32 heavy (non-hydrogen) atoms. The minimum absolute atomic E-state index is 0.117. The Morgan fingerprint density at radius 3 is 2.09 bits per heavy atom. The van der Waals surface area contributed by atoms with Crippen molar-refractivity contribution >= 4 is 21.6 Å². The van der Waals surface area contributed by atoms with Crippen LogP contribution in [0.3, 0.4) is 0 Å². The number of anilines is 1. The molecule has 0 bridgehead atoms. The van der Waals surface area contributed by atoms with Crippen LogP contribution in [0.5, 0.6) is 0 Å². The van der Waals surface area contributed by atoms with E-state index in [0.29, 0.717) is 11.3 Å². The number of sulfonamides is 1. The fourth-order valence-corrected chi connectivity index (χ4v) is 4.31. The van der Waals surface area contributed by atoms with Crippen molar-refractivity contribution < 1.29 is 13.2 Å². The van der Waals surface area contributed by atoms with Crippen molar-refractivity contribution in [3.05, 3.63) is 100 Å². The van der Waals surface area contributed by atoms with Crippen molar-refractivity contribution in [3.8, 4) is 0 Å². The molecule has 3 aromatic rings. The summed E-state index contributed by atoms with van der Waals surface area (Å²) in [6.45, 7) is 8.13. The van der Waals surface area contributed by atoms with Crippen molar-refractivity contribution in [2.45, 2.75) is 40.3 Å². The second-order valence-corrected chi connectivity index (χ2v) is 10.2. The molecule has 3 rings (SSSR count). The van der Waals surface area contributed by atoms with Crippen LogP contribution in [0.25, 0.3) is 0 Å². The van der Waals surface area contributed by atoms with Crippen LogP contribution in [0.15, 0.2) is 66.7 Å². The predicted octanol–water partition coefficient (Wildman–Crippen LogP) is 5.07. The van der Waals surface area contributed by atoms with Crippen molar-refractivity contribution in [2.24, 2.45) is 0 Å². The molecule has 3 aromatic carbocycles. The molecule has 0 saturated carbocycles. The lowest BCUT2D eigenvalue weighted by Gasteiger charge is -2.23. The molecule has 1 N–H and O–H groups in total. The zero-order chi connectivity index (χ0) is 23.5. The number of benzene rings is 3. The third-order valence-electron chi connectivity index (χ3n) is 5.65. The van der Waals surface area contributed by atoms with Crippen LogP contribution in [0.1, 0.15) is 51.1 Å². The number of hydrogen-bond acceptors (Lipinski definition) is 3. The maximum atomic E-state index is 12.7. The van der Waals surface area contributed by atoms with Crippen LogP contribution in [0.2, 0.25) is 0 Å². The minimum Gasteiger partial charge on any atom is -0.346 e. The summed E-state index contributed by atoms with van der Waals surface area (Å²) < 4.78 is 26.3. The molecule has 1 atom stereocenters. The van der Waals surface area contributed by atoms with Crippen molar-refractivity contribution in [1.29, 1.82) is 0 Å². The van der Waals surface area contributed by atoms with Gasteiger partial charge in [0.25, 0.3) is 5.91 Å². The minimum atomic E-state index is -3.47. The van der Waals surface area contributed by atoms with Gasteiger partial charge < -0.3 is 5.32 Å².